The minimum absolute atomic E-state index is 0.153. The summed E-state index contributed by atoms with van der Waals surface area (Å²) >= 11 is 0. The Morgan fingerprint density at radius 2 is 2.27 bits per heavy atom. The third-order valence-electron chi connectivity index (χ3n) is 4.09. The number of hydrogen-bond donors (Lipinski definition) is 2. The van der Waals surface area contributed by atoms with E-state index in [0.717, 1.165) is 13.1 Å². The molecule has 0 aromatic heterocycles. The molecule has 1 unspecified atom stereocenters. The number of aliphatic hydroxyl groups excluding tert-OH is 1. The highest BCUT2D eigenvalue weighted by Crippen LogP contribution is 2.51. The van der Waals surface area contributed by atoms with Gasteiger partial charge in [0.15, 0.2) is 0 Å². The Morgan fingerprint density at radius 3 is 2.67 bits per heavy atom. The Kier molecular flexibility index (Phi) is 2.98. The van der Waals surface area contributed by atoms with Crippen LogP contribution in [0.1, 0.15) is 25.7 Å². The topological polar surface area (TPSA) is 66.6 Å². The predicted octanol–water partition coefficient (Wildman–Crippen LogP) is -0.0438. The van der Waals surface area contributed by atoms with Crippen LogP contribution in [0.2, 0.25) is 0 Å². The lowest BCUT2D eigenvalue weighted by molar-refractivity contribution is -0.130. The van der Waals surface area contributed by atoms with E-state index < -0.39 is 0 Å². The number of aliphatic hydroxyl groups is 1. The van der Waals surface area contributed by atoms with Gasteiger partial charge in [-0.05, 0) is 18.3 Å². The normalized spacial score (nSPS) is 28.1. The van der Waals surface area contributed by atoms with Crippen LogP contribution < -0.4 is 5.73 Å². The van der Waals surface area contributed by atoms with Gasteiger partial charge in [0.1, 0.15) is 0 Å². The number of amides is 1. The summed E-state index contributed by atoms with van der Waals surface area (Å²) in [5.41, 5.74) is 5.63. The molecule has 1 saturated carbocycles. The zero-order chi connectivity index (χ0) is 10.9. The summed E-state index contributed by atoms with van der Waals surface area (Å²) in [6.45, 7) is 2.21. The van der Waals surface area contributed by atoms with Crippen LogP contribution in [0.4, 0.5) is 0 Å². The molecule has 1 atom stereocenters. The fourth-order valence-electron chi connectivity index (χ4n) is 2.95. The molecule has 1 aliphatic heterocycles. The van der Waals surface area contributed by atoms with Crippen LogP contribution in [0.15, 0.2) is 0 Å². The van der Waals surface area contributed by atoms with Gasteiger partial charge in [0.25, 0.3) is 0 Å². The Labute approximate surface area is 90.4 Å². The summed E-state index contributed by atoms with van der Waals surface area (Å²) in [7, 11) is 0. The largest absolute Gasteiger partial charge is 0.396 e. The van der Waals surface area contributed by atoms with Crippen molar-refractivity contribution in [2.45, 2.75) is 25.7 Å². The van der Waals surface area contributed by atoms with Crippen molar-refractivity contribution in [2.24, 2.45) is 17.1 Å². The van der Waals surface area contributed by atoms with E-state index in [0.29, 0.717) is 18.9 Å². The van der Waals surface area contributed by atoms with Crippen molar-refractivity contribution >= 4 is 5.91 Å². The summed E-state index contributed by atoms with van der Waals surface area (Å²) in [5.74, 6) is 0.452. The van der Waals surface area contributed by atoms with Crippen LogP contribution in [0.3, 0.4) is 0 Å². The zero-order valence-electron chi connectivity index (χ0n) is 9.11. The van der Waals surface area contributed by atoms with Crippen LogP contribution in [-0.2, 0) is 4.79 Å². The van der Waals surface area contributed by atoms with Crippen molar-refractivity contribution < 1.29 is 9.90 Å². The quantitative estimate of drug-likeness (QED) is 0.689. The maximum Gasteiger partial charge on any atom is 0.223 e. The third-order valence-corrected chi connectivity index (χ3v) is 4.09. The molecule has 2 fully saturated rings. The molecule has 2 aliphatic rings. The van der Waals surface area contributed by atoms with Crippen LogP contribution in [0.5, 0.6) is 0 Å². The standard InChI is InChI=1S/C11H20N2O2/c12-5-2-10(15)13-6-9(7-14)11(8-13)3-1-4-11/h9,14H,1-8,12H2. The number of likely N-dealkylation sites (tertiary alicyclic amines) is 1. The first kappa shape index (κ1) is 10.9. The van der Waals surface area contributed by atoms with E-state index in [1.165, 1.54) is 19.3 Å². The first-order valence-electron chi connectivity index (χ1n) is 5.80. The van der Waals surface area contributed by atoms with Crippen molar-refractivity contribution in [3.05, 3.63) is 0 Å². The average Bonchev–Trinajstić information content (AvgIpc) is 2.56. The molecule has 0 bridgehead atoms. The summed E-state index contributed by atoms with van der Waals surface area (Å²) in [6, 6.07) is 0. The molecule has 1 spiro atoms. The van der Waals surface area contributed by atoms with E-state index in [1.54, 1.807) is 0 Å². The van der Waals surface area contributed by atoms with Gasteiger partial charge in [-0.25, -0.2) is 0 Å². The lowest BCUT2D eigenvalue weighted by Crippen LogP contribution is -2.39. The molecule has 0 aromatic carbocycles. The second-order valence-corrected chi connectivity index (χ2v) is 4.91. The fraction of sp³-hybridized carbons (Fsp3) is 0.909. The third kappa shape index (κ3) is 1.76. The predicted molar refractivity (Wildman–Crippen MR) is 57.1 cm³/mol. The number of carbonyl (C=O) groups is 1. The van der Waals surface area contributed by atoms with Gasteiger partial charge >= 0.3 is 0 Å². The minimum Gasteiger partial charge on any atom is -0.396 e. The summed E-state index contributed by atoms with van der Waals surface area (Å²) in [6.07, 6.45) is 4.03. The van der Waals surface area contributed by atoms with Crippen LogP contribution in [0, 0.1) is 11.3 Å². The maximum atomic E-state index is 11.7. The first-order valence-corrected chi connectivity index (χ1v) is 5.80. The SMILES string of the molecule is NCCC(=O)N1CC(CO)C2(CCC2)C1. The van der Waals surface area contributed by atoms with Crippen molar-refractivity contribution in [3.63, 3.8) is 0 Å². The smallest absolute Gasteiger partial charge is 0.223 e. The summed E-state index contributed by atoms with van der Waals surface area (Å²) in [5, 5.41) is 9.33. The van der Waals surface area contributed by atoms with E-state index in [-0.39, 0.29) is 17.9 Å². The van der Waals surface area contributed by atoms with E-state index in [4.69, 9.17) is 5.73 Å². The van der Waals surface area contributed by atoms with Gasteiger partial charge in [-0.3, -0.25) is 4.79 Å². The second-order valence-electron chi connectivity index (χ2n) is 4.91. The van der Waals surface area contributed by atoms with Crippen LogP contribution in [-0.4, -0.2) is 42.2 Å². The molecule has 3 N–H and O–H groups in total. The molecule has 1 saturated heterocycles. The maximum absolute atomic E-state index is 11.7. The molecule has 0 radical (unpaired) electrons. The average molecular weight is 212 g/mol. The molecule has 1 amide bonds. The van der Waals surface area contributed by atoms with Gasteiger partial charge in [-0.15, -0.1) is 0 Å². The molecule has 2 rings (SSSR count). The minimum atomic E-state index is 0.153. The molecule has 4 heteroatoms. The number of carbonyl (C=O) groups excluding carboxylic acids is 1. The van der Waals surface area contributed by atoms with Gasteiger partial charge in [0, 0.05) is 38.6 Å². The zero-order valence-corrected chi connectivity index (χ0v) is 9.11. The highest BCUT2D eigenvalue weighted by molar-refractivity contribution is 5.76. The molecule has 4 nitrogen and oxygen atoms in total. The lowest BCUT2D eigenvalue weighted by atomic mass is 9.63. The van der Waals surface area contributed by atoms with E-state index in [9.17, 15) is 9.90 Å². The Balaban J connectivity index is 1.98. The monoisotopic (exact) mass is 212 g/mol. The van der Waals surface area contributed by atoms with Crippen molar-refractivity contribution in [3.8, 4) is 0 Å². The van der Waals surface area contributed by atoms with Crippen molar-refractivity contribution in [2.75, 3.05) is 26.2 Å². The molecular weight excluding hydrogens is 192 g/mol. The summed E-state index contributed by atoms with van der Waals surface area (Å²) < 4.78 is 0. The van der Waals surface area contributed by atoms with Crippen molar-refractivity contribution in [1.29, 1.82) is 0 Å². The Morgan fingerprint density at radius 1 is 1.53 bits per heavy atom. The molecule has 86 valence electrons. The molecular formula is C11H20N2O2. The number of rotatable bonds is 3. The van der Waals surface area contributed by atoms with Gasteiger partial charge in [-0.1, -0.05) is 6.42 Å². The summed E-state index contributed by atoms with van der Waals surface area (Å²) in [4.78, 5) is 13.6. The van der Waals surface area contributed by atoms with Gasteiger partial charge in [0.05, 0.1) is 0 Å². The van der Waals surface area contributed by atoms with E-state index >= 15 is 0 Å². The van der Waals surface area contributed by atoms with Crippen LogP contribution in [0.25, 0.3) is 0 Å². The molecule has 1 heterocycles. The Hall–Kier alpha value is -0.610. The van der Waals surface area contributed by atoms with Crippen molar-refractivity contribution in [1.82, 2.24) is 4.90 Å². The van der Waals surface area contributed by atoms with E-state index in [1.807, 2.05) is 4.90 Å². The highest BCUT2D eigenvalue weighted by Gasteiger charge is 2.50. The van der Waals surface area contributed by atoms with Crippen LogP contribution >= 0.6 is 0 Å². The van der Waals surface area contributed by atoms with Gasteiger partial charge in [-0.2, -0.15) is 0 Å². The lowest BCUT2D eigenvalue weighted by Gasteiger charge is -2.42. The van der Waals surface area contributed by atoms with Gasteiger partial charge < -0.3 is 15.7 Å². The first-order chi connectivity index (χ1) is 7.22. The van der Waals surface area contributed by atoms with E-state index in [2.05, 4.69) is 0 Å². The highest BCUT2D eigenvalue weighted by atomic mass is 16.3. The molecule has 15 heavy (non-hydrogen) atoms. The molecule has 0 aromatic rings. The number of hydrogen-bond acceptors (Lipinski definition) is 3. The van der Waals surface area contributed by atoms with Gasteiger partial charge in [0.2, 0.25) is 5.91 Å². The number of nitrogens with two attached hydrogens (primary N) is 1. The number of nitrogens with zero attached hydrogens (tertiary/aromatic N) is 1. The second kappa shape index (κ2) is 4.10. The molecule has 1 aliphatic carbocycles. The fourth-order valence-corrected chi connectivity index (χ4v) is 2.95. The Bertz CT molecular complexity index is 251.